The van der Waals surface area contributed by atoms with Crippen molar-refractivity contribution in [1.29, 1.82) is 0 Å². The number of aryl methyl sites for hydroxylation is 1. The van der Waals surface area contributed by atoms with Gasteiger partial charge in [0.2, 0.25) is 0 Å². The molecule has 41 heavy (non-hydrogen) atoms. The molecule has 4 aromatic carbocycles. The molecule has 0 aliphatic carbocycles. The molecule has 0 amide bonds. The van der Waals surface area contributed by atoms with Crippen molar-refractivity contribution in [3.05, 3.63) is 110 Å². The molecule has 4 heterocycles. The van der Waals surface area contributed by atoms with E-state index in [1.807, 2.05) is 84.7 Å². The maximum atomic E-state index is 6.31. The van der Waals surface area contributed by atoms with E-state index in [0.29, 0.717) is 17.5 Å². The number of para-hydroxylation sites is 2. The quantitative estimate of drug-likeness (QED) is 0.168. The molecule has 3 aromatic heterocycles. The van der Waals surface area contributed by atoms with Gasteiger partial charge in [-0.2, -0.15) is 12.1 Å². The van der Waals surface area contributed by atoms with Crippen LogP contribution in [0.15, 0.2) is 93.9 Å². The van der Waals surface area contributed by atoms with Crippen molar-refractivity contribution in [3.8, 4) is 17.5 Å². The largest absolute Gasteiger partial charge is 0.509 e. The maximum Gasteiger partial charge on any atom is 0.304 e. The van der Waals surface area contributed by atoms with Gasteiger partial charge < -0.3 is 23.4 Å². The third-order valence-corrected chi connectivity index (χ3v) is 7.28. The monoisotopic (exact) mass is 718 g/mol. The Balaban J connectivity index is 0.00000276. The van der Waals surface area contributed by atoms with Crippen LogP contribution < -0.4 is 14.5 Å². The van der Waals surface area contributed by atoms with Gasteiger partial charge in [0.05, 0.1) is 11.9 Å². The van der Waals surface area contributed by atoms with E-state index in [1.165, 1.54) is 0 Å². The maximum absolute atomic E-state index is 6.31. The molecule has 0 bridgehead atoms. The fraction of sp³-hybridized carbons (Fsp3) is 0.0909. The molecular weight excluding hydrogens is 695 g/mol. The van der Waals surface area contributed by atoms with Crippen LogP contribution in [-0.4, -0.2) is 16.6 Å². The summed E-state index contributed by atoms with van der Waals surface area (Å²) in [6.07, 6.45) is 2.55. The van der Waals surface area contributed by atoms with E-state index in [4.69, 9.17) is 13.6 Å². The van der Waals surface area contributed by atoms with E-state index in [-0.39, 0.29) is 21.1 Å². The summed E-state index contributed by atoms with van der Waals surface area (Å²) in [5, 5.41) is 3.21. The van der Waals surface area contributed by atoms with Gasteiger partial charge in [0, 0.05) is 49.9 Å². The number of rotatable bonds is 5. The molecule has 0 atom stereocenters. The normalized spacial score (nSPS) is 12.8. The van der Waals surface area contributed by atoms with Gasteiger partial charge in [-0.05, 0) is 30.6 Å². The average molecular weight is 719 g/mol. The molecule has 8 heteroatoms. The van der Waals surface area contributed by atoms with Crippen LogP contribution in [0.5, 0.6) is 11.5 Å². The predicted octanol–water partition coefficient (Wildman–Crippen LogP) is 8.18. The van der Waals surface area contributed by atoms with Gasteiger partial charge in [0.15, 0.2) is 5.88 Å². The van der Waals surface area contributed by atoms with E-state index >= 15 is 0 Å². The number of oxazole rings is 1. The first-order valence-electron chi connectivity index (χ1n) is 13.2. The van der Waals surface area contributed by atoms with E-state index in [2.05, 4.69) is 46.3 Å². The predicted molar refractivity (Wildman–Crippen MR) is 155 cm³/mol. The summed E-state index contributed by atoms with van der Waals surface area (Å²) in [4.78, 5) is 8.60. The number of aromatic nitrogens is 2. The molecule has 0 N–H and O–H groups in total. The van der Waals surface area contributed by atoms with Gasteiger partial charge in [0.25, 0.3) is 0 Å². The first kappa shape index (κ1) is 25.5. The van der Waals surface area contributed by atoms with Crippen molar-refractivity contribution in [2.24, 2.45) is 0 Å². The fourth-order valence-electron chi connectivity index (χ4n) is 5.43. The van der Waals surface area contributed by atoms with Gasteiger partial charge in [-0.3, -0.25) is 4.57 Å². The second kappa shape index (κ2) is 9.86. The summed E-state index contributed by atoms with van der Waals surface area (Å²) >= 11 is 0. The van der Waals surface area contributed by atoms with Gasteiger partial charge in [-0.1, -0.05) is 48.5 Å². The number of hydrogen-bond donors (Lipinski definition) is 0. The van der Waals surface area contributed by atoms with Crippen molar-refractivity contribution >= 4 is 50.0 Å². The Morgan fingerprint density at radius 2 is 1.66 bits per heavy atom. The zero-order chi connectivity index (χ0) is 26.8. The van der Waals surface area contributed by atoms with Gasteiger partial charge in [0.1, 0.15) is 11.3 Å². The first-order chi connectivity index (χ1) is 19.7. The molecule has 7 aromatic rings. The van der Waals surface area contributed by atoms with E-state index in [9.17, 15) is 0 Å². The van der Waals surface area contributed by atoms with Crippen molar-refractivity contribution < 1.29 is 34.6 Å². The number of furan rings is 1. The van der Waals surface area contributed by atoms with Crippen LogP contribution in [0.3, 0.4) is 0 Å². The molecule has 0 saturated heterocycles. The zero-order valence-corrected chi connectivity index (χ0v) is 24.5. The van der Waals surface area contributed by atoms with Crippen LogP contribution in [0.2, 0.25) is 0 Å². The summed E-state index contributed by atoms with van der Waals surface area (Å²) < 4.78 is 20.6. The Morgan fingerprint density at radius 3 is 2.51 bits per heavy atom. The van der Waals surface area contributed by atoms with Crippen molar-refractivity contribution in [1.82, 2.24) is 9.55 Å². The van der Waals surface area contributed by atoms with Gasteiger partial charge >= 0.3 is 6.01 Å². The Labute approximate surface area is 250 Å². The smallest absolute Gasteiger partial charge is 0.304 e. The standard InChI is InChI=1S/C33H23N4O3.Pt/c1-3-22-19-34-33(39-22)37-28-13-6-4-11-25(28)26-16-15-24(18-29(26)37)38-23-10-8-9-21(17-23)36-20-35(2)31-27-12-5-7-14-30(27)40-32(31)36;/h4-16,19-20H,3H2,1-2H3;/q-3;. The minimum atomic E-state index is 0. The average Bonchev–Trinajstić information content (AvgIpc) is 3.74. The van der Waals surface area contributed by atoms with Crippen LogP contribution >= 0.6 is 0 Å². The van der Waals surface area contributed by atoms with Crippen LogP contribution in [-0.2, 0) is 27.5 Å². The minimum Gasteiger partial charge on any atom is -0.509 e. The van der Waals surface area contributed by atoms with Crippen LogP contribution in [0, 0.1) is 18.8 Å². The Hall–Kier alpha value is -4.48. The summed E-state index contributed by atoms with van der Waals surface area (Å²) in [5.74, 6) is 2.73. The third-order valence-electron chi connectivity index (χ3n) is 7.28. The summed E-state index contributed by atoms with van der Waals surface area (Å²) in [6.45, 7) is 4.04. The van der Waals surface area contributed by atoms with E-state index in [1.54, 1.807) is 6.20 Å². The molecular formula is C33H23N4O3Pt-3. The second-order valence-electron chi connectivity index (χ2n) is 9.75. The van der Waals surface area contributed by atoms with Gasteiger partial charge in [-0.25, -0.2) is 4.98 Å². The van der Waals surface area contributed by atoms with Crippen LogP contribution in [0.25, 0.3) is 38.8 Å². The Kier molecular flexibility index (Phi) is 6.13. The Morgan fingerprint density at radius 1 is 0.854 bits per heavy atom. The number of fused-ring (bicyclic) bond motifs is 6. The molecule has 7 nitrogen and oxygen atoms in total. The van der Waals surface area contributed by atoms with E-state index < -0.39 is 0 Å². The van der Waals surface area contributed by atoms with Crippen molar-refractivity contribution in [3.63, 3.8) is 0 Å². The summed E-state index contributed by atoms with van der Waals surface area (Å²) in [5.41, 5.74) is 4.52. The third kappa shape index (κ3) is 4.03. The van der Waals surface area contributed by atoms with Crippen LogP contribution in [0.1, 0.15) is 12.7 Å². The van der Waals surface area contributed by atoms with E-state index in [0.717, 1.165) is 62.2 Å². The Bertz CT molecular complexity index is 2060. The molecule has 0 saturated carbocycles. The SMILES string of the molecule is CCc1cnc(-n2c3[c-]c(Oc4[c-]c(N5[CH-]N(C)c6c5oc5ccccc65)ccc4)ccc3c3ccccc32)o1.[Pt]. The molecule has 0 unspecified atom stereocenters. The molecule has 8 rings (SSSR count). The number of anilines is 3. The topological polar surface area (TPSA) is 59.8 Å². The van der Waals surface area contributed by atoms with Crippen molar-refractivity contribution in [2.45, 2.75) is 13.3 Å². The molecule has 0 radical (unpaired) electrons. The molecule has 1 aliphatic heterocycles. The summed E-state index contributed by atoms with van der Waals surface area (Å²) in [6, 6.07) is 33.4. The minimum absolute atomic E-state index is 0. The molecule has 206 valence electrons. The molecule has 0 spiro atoms. The fourth-order valence-corrected chi connectivity index (χ4v) is 5.43. The number of benzene rings is 4. The number of hydrogen-bond acceptors (Lipinski definition) is 6. The number of ether oxygens (including phenoxy) is 1. The zero-order valence-electron chi connectivity index (χ0n) is 22.2. The first-order valence-corrected chi connectivity index (χ1v) is 13.2. The van der Waals surface area contributed by atoms with Gasteiger partial charge in [-0.15, -0.1) is 42.4 Å². The van der Waals surface area contributed by atoms with Crippen molar-refractivity contribution in [2.75, 3.05) is 16.8 Å². The summed E-state index contributed by atoms with van der Waals surface area (Å²) in [7, 11) is 2.02. The van der Waals surface area contributed by atoms with Crippen LogP contribution in [0.4, 0.5) is 17.3 Å². The molecule has 0 fully saturated rings. The molecule has 1 aliphatic rings. The second-order valence-corrected chi connectivity index (χ2v) is 9.75. The number of nitrogens with zero attached hydrogens (tertiary/aromatic N) is 4.